The van der Waals surface area contributed by atoms with Gasteiger partial charge in [0.25, 0.3) is 0 Å². The van der Waals surface area contributed by atoms with Crippen LogP contribution in [0.5, 0.6) is 5.88 Å². The number of nitrogens with zero attached hydrogens (tertiary/aromatic N) is 2. The van der Waals surface area contributed by atoms with Crippen molar-refractivity contribution in [1.82, 2.24) is 9.78 Å². The molecule has 0 atom stereocenters. The summed E-state index contributed by atoms with van der Waals surface area (Å²) in [5.41, 5.74) is 5.29. The van der Waals surface area contributed by atoms with Gasteiger partial charge in [-0.05, 0) is 0 Å². The zero-order valence-corrected chi connectivity index (χ0v) is 7.35. The van der Waals surface area contributed by atoms with Crippen molar-refractivity contribution in [2.24, 2.45) is 0 Å². The van der Waals surface area contributed by atoms with Gasteiger partial charge in [0.1, 0.15) is 12.4 Å². The summed E-state index contributed by atoms with van der Waals surface area (Å²) in [7, 11) is 0. The molecular weight excluding hydrogens is 204 g/mol. The molecule has 0 bridgehead atoms. The number of aromatic nitrogens is 2. The number of hydrogen-bond acceptors (Lipinski definition) is 3. The average Bonchev–Trinajstić information content (AvgIpc) is 2.26. The van der Waals surface area contributed by atoms with Gasteiger partial charge in [-0.3, -0.25) is 0 Å². The molecule has 0 aliphatic carbocycles. The molecule has 0 fully saturated rings. The molecule has 13 heavy (non-hydrogen) atoms. The van der Waals surface area contributed by atoms with E-state index in [0.717, 1.165) is 4.68 Å². The van der Waals surface area contributed by atoms with Gasteiger partial charge in [0, 0.05) is 6.07 Å². The van der Waals surface area contributed by atoms with Gasteiger partial charge in [0.15, 0.2) is 6.61 Å². The molecule has 0 spiro atoms. The number of rotatable bonds is 0. The molecule has 4 nitrogen and oxygen atoms in total. The van der Waals surface area contributed by atoms with E-state index in [-0.39, 0.29) is 18.2 Å². The lowest BCUT2D eigenvalue weighted by Gasteiger charge is -2.22. The number of anilines is 1. The highest BCUT2D eigenvalue weighted by Crippen LogP contribution is 2.27. The predicted octanol–water partition coefficient (Wildman–Crippen LogP) is 0.915. The Morgan fingerprint density at radius 2 is 2.31 bits per heavy atom. The highest BCUT2D eigenvalue weighted by atomic mass is 35.5. The van der Waals surface area contributed by atoms with Crippen LogP contribution in [0.1, 0.15) is 0 Å². The quantitative estimate of drug-likeness (QED) is 0.694. The van der Waals surface area contributed by atoms with Gasteiger partial charge in [-0.2, -0.15) is 5.10 Å². The number of alkyl halides is 2. The number of fused-ring (bicyclic) bond motifs is 1. The van der Waals surface area contributed by atoms with Crippen LogP contribution in [0, 0.1) is 0 Å². The Labute approximate surface area is 79.1 Å². The van der Waals surface area contributed by atoms with Crippen LogP contribution in [-0.4, -0.2) is 22.3 Å². The van der Waals surface area contributed by atoms with Crippen molar-refractivity contribution in [1.29, 1.82) is 0 Å². The average molecular weight is 212 g/mol. The number of hydrogen-bond donors (Lipinski definition) is 1. The molecule has 7 heteroatoms. The normalized spacial score (nSPS) is 18.3. The Morgan fingerprint density at radius 1 is 1.62 bits per heavy atom. The lowest BCUT2D eigenvalue weighted by Crippen LogP contribution is -2.36. The summed E-state index contributed by atoms with van der Waals surface area (Å²) in [6, 6.07) is 1.43. The third-order valence-corrected chi connectivity index (χ3v) is 1.57. The molecule has 74 valence electrons. The molecular formula is C6H8ClF2N3O. The first-order valence-electron chi connectivity index (χ1n) is 3.41. The first-order chi connectivity index (χ1) is 5.57. The molecule has 2 rings (SSSR count). The van der Waals surface area contributed by atoms with Gasteiger partial charge in [0.05, 0.1) is 0 Å². The molecule has 0 radical (unpaired) electrons. The minimum atomic E-state index is -2.84. The van der Waals surface area contributed by atoms with Crippen molar-refractivity contribution in [3.8, 4) is 5.88 Å². The monoisotopic (exact) mass is 211 g/mol. The summed E-state index contributed by atoms with van der Waals surface area (Å²) >= 11 is 0. The van der Waals surface area contributed by atoms with Gasteiger partial charge in [-0.25, -0.2) is 13.5 Å². The molecule has 1 aliphatic rings. The topological polar surface area (TPSA) is 53.1 Å². The van der Waals surface area contributed by atoms with E-state index in [4.69, 9.17) is 10.5 Å². The Hall–Kier alpha value is -1.04. The van der Waals surface area contributed by atoms with E-state index in [9.17, 15) is 8.78 Å². The molecule has 1 aliphatic heterocycles. The molecule has 1 aromatic rings. The first kappa shape index (κ1) is 10.0. The second-order valence-electron chi connectivity index (χ2n) is 2.71. The van der Waals surface area contributed by atoms with E-state index in [1.54, 1.807) is 0 Å². The van der Waals surface area contributed by atoms with Crippen molar-refractivity contribution in [2.45, 2.75) is 12.5 Å². The van der Waals surface area contributed by atoms with E-state index >= 15 is 0 Å². The van der Waals surface area contributed by atoms with Crippen molar-refractivity contribution >= 4 is 18.2 Å². The minimum absolute atomic E-state index is 0. The van der Waals surface area contributed by atoms with E-state index in [1.165, 1.54) is 6.07 Å². The van der Waals surface area contributed by atoms with E-state index in [2.05, 4.69) is 5.10 Å². The fourth-order valence-corrected chi connectivity index (χ4v) is 1.09. The number of halogens is 3. The summed E-state index contributed by atoms with van der Waals surface area (Å²) in [6.45, 7) is -1.06. The van der Waals surface area contributed by atoms with Gasteiger partial charge >= 0.3 is 5.92 Å². The number of nitrogens with two attached hydrogens (primary N) is 1. The SMILES string of the molecule is Cl.Nc1cc2n(n1)CC(F)(F)CO2. The standard InChI is InChI=1S/C6H7F2N3O.ClH/c7-6(8)2-11-5(12-3-6)1-4(9)10-11;/h1H,2-3H2,(H2,9,10);1H. The van der Waals surface area contributed by atoms with Crippen LogP contribution >= 0.6 is 12.4 Å². The van der Waals surface area contributed by atoms with Crippen LogP contribution in [0.2, 0.25) is 0 Å². The highest BCUT2D eigenvalue weighted by Gasteiger charge is 2.36. The fraction of sp³-hybridized carbons (Fsp3) is 0.500. The molecule has 1 aromatic heterocycles. The largest absolute Gasteiger partial charge is 0.471 e. The maximum atomic E-state index is 12.7. The number of ether oxygens (including phenoxy) is 1. The van der Waals surface area contributed by atoms with Gasteiger partial charge < -0.3 is 10.5 Å². The molecule has 0 saturated heterocycles. The second kappa shape index (κ2) is 3.02. The summed E-state index contributed by atoms with van der Waals surface area (Å²) < 4.78 is 31.1. The fourth-order valence-electron chi connectivity index (χ4n) is 1.09. The Morgan fingerprint density at radius 3 is 3.00 bits per heavy atom. The number of nitrogen functional groups attached to an aromatic ring is 1. The first-order valence-corrected chi connectivity index (χ1v) is 3.41. The highest BCUT2D eigenvalue weighted by molar-refractivity contribution is 5.85. The zero-order valence-electron chi connectivity index (χ0n) is 6.54. The molecule has 0 aromatic carbocycles. The maximum Gasteiger partial charge on any atom is 0.300 e. The summed E-state index contributed by atoms with van der Waals surface area (Å²) in [6.07, 6.45) is 0. The molecule has 0 unspecified atom stereocenters. The van der Waals surface area contributed by atoms with Crippen LogP contribution < -0.4 is 10.5 Å². The van der Waals surface area contributed by atoms with Crippen molar-refractivity contribution < 1.29 is 13.5 Å². The molecule has 2 N–H and O–H groups in total. The van der Waals surface area contributed by atoms with Crippen LogP contribution in [-0.2, 0) is 6.54 Å². The molecule has 0 amide bonds. The van der Waals surface area contributed by atoms with Crippen LogP contribution in [0.15, 0.2) is 6.07 Å². The predicted molar refractivity (Wildman–Crippen MR) is 44.3 cm³/mol. The smallest absolute Gasteiger partial charge is 0.300 e. The Bertz CT molecular complexity index is 315. The summed E-state index contributed by atoms with van der Waals surface area (Å²) in [4.78, 5) is 0. The van der Waals surface area contributed by atoms with Crippen LogP contribution in [0.3, 0.4) is 0 Å². The van der Waals surface area contributed by atoms with E-state index < -0.39 is 19.1 Å². The lowest BCUT2D eigenvalue weighted by atomic mass is 10.3. The zero-order chi connectivity index (χ0) is 8.77. The van der Waals surface area contributed by atoms with Gasteiger partial charge in [0.2, 0.25) is 5.88 Å². The van der Waals surface area contributed by atoms with Crippen molar-refractivity contribution in [2.75, 3.05) is 12.3 Å². The minimum Gasteiger partial charge on any atom is -0.471 e. The van der Waals surface area contributed by atoms with E-state index in [0.29, 0.717) is 5.88 Å². The van der Waals surface area contributed by atoms with Gasteiger partial charge in [-0.15, -0.1) is 12.4 Å². The lowest BCUT2D eigenvalue weighted by molar-refractivity contribution is -0.0794. The third kappa shape index (κ3) is 1.82. The van der Waals surface area contributed by atoms with Crippen LogP contribution in [0.4, 0.5) is 14.6 Å². The third-order valence-electron chi connectivity index (χ3n) is 1.57. The molecule has 2 heterocycles. The van der Waals surface area contributed by atoms with Gasteiger partial charge in [-0.1, -0.05) is 0 Å². The van der Waals surface area contributed by atoms with Crippen LogP contribution in [0.25, 0.3) is 0 Å². The van der Waals surface area contributed by atoms with E-state index in [1.807, 2.05) is 0 Å². The summed E-state index contributed by atoms with van der Waals surface area (Å²) in [5.74, 6) is -2.34. The molecule has 0 saturated carbocycles. The summed E-state index contributed by atoms with van der Waals surface area (Å²) in [5, 5.41) is 3.64. The Balaban J connectivity index is 0.000000845. The second-order valence-corrected chi connectivity index (χ2v) is 2.71. The van der Waals surface area contributed by atoms with Crippen molar-refractivity contribution in [3.05, 3.63) is 6.07 Å². The Kier molecular flexibility index (Phi) is 2.34. The van der Waals surface area contributed by atoms with Crippen molar-refractivity contribution in [3.63, 3.8) is 0 Å². The maximum absolute atomic E-state index is 12.7.